The molecule has 2 amide bonds. The Hall–Kier alpha value is -2.87. The smallest absolute Gasteiger partial charge is 0.253 e. The van der Waals surface area contributed by atoms with Crippen LogP contribution < -0.4 is 14.9 Å². The van der Waals surface area contributed by atoms with E-state index in [2.05, 4.69) is 10.6 Å². The second-order valence-corrected chi connectivity index (χ2v) is 8.84. The zero-order chi connectivity index (χ0) is 21.6. The van der Waals surface area contributed by atoms with Gasteiger partial charge in [-0.15, -0.1) is 0 Å². The fourth-order valence-corrected chi connectivity index (χ4v) is 3.65. The second-order valence-electron chi connectivity index (χ2n) is 6.93. The number of carbonyl (C=O) groups is 2. The van der Waals surface area contributed by atoms with Gasteiger partial charge in [-0.25, -0.2) is 8.42 Å². The van der Waals surface area contributed by atoms with Crippen molar-refractivity contribution in [1.29, 1.82) is 0 Å². The van der Waals surface area contributed by atoms with E-state index in [-0.39, 0.29) is 11.9 Å². The van der Waals surface area contributed by atoms with Crippen molar-refractivity contribution in [3.8, 4) is 0 Å². The molecule has 0 aliphatic carbocycles. The summed E-state index contributed by atoms with van der Waals surface area (Å²) in [6.07, 6.45) is 1.83. The van der Waals surface area contributed by atoms with Crippen molar-refractivity contribution in [3.63, 3.8) is 0 Å². The number of hydrogen-bond donors (Lipinski definition) is 2. The number of rotatable bonds is 8. The lowest BCUT2D eigenvalue weighted by Crippen LogP contribution is -2.38. The molecule has 0 unspecified atom stereocenters. The van der Waals surface area contributed by atoms with Crippen LogP contribution in [0, 0.1) is 6.92 Å². The Morgan fingerprint density at radius 1 is 1.07 bits per heavy atom. The Balaban J connectivity index is 2.24. The summed E-state index contributed by atoms with van der Waals surface area (Å²) in [7, 11) is -3.68. The van der Waals surface area contributed by atoms with Crippen molar-refractivity contribution in [2.24, 2.45) is 0 Å². The van der Waals surface area contributed by atoms with Crippen molar-refractivity contribution in [2.45, 2.75) is 33.2 Å². The maximum Gasteiger partial charge on any atom is 0.253 e. The van der Waals surface area contributed by atoms with E-state index in [0.29, 0.717) is 16.9 Å². The maximum atomic E-state index is 12.7. The van der Waals surface area contributed by atoms with Crippen molar-refractivity contribution >= 4 is 33.2 Å². The van der Waals surface area contributed by atoms with E-state index in [9.17, 15) is 18.0 Å². The minimum atomic E-state index is -3.68. The summed E-state index contributed by atoms with van der Waals surface area (Å²) in [4.78, 5) is 25.2. The van der Waals surface area contributed by atoms with Gasteiger partial charge in [0.2, 0.25) is 15.9 Å². The third kappa shape index (κ3) is 6.05. The SMILES string of the molecule is CC[C@@H](C)NC(=O)c1ccccc1NC(=O)CN(c1ccccc1C)S(C)(=O)=O. The molecule has 0 fully saturated rings. The number of nitrogens with zero attached hydrogens (tertiary/aromatic N) is 1. The molecule has 156 valence electrons. The summed E-state index contributed by atoms with van der Waals surface area (Å²) >= 11 is 0. The topological polar surface area (TPSA) is 95.6 Å². The molecule has 2 rings (SSSR count). The van der Waals surface area contributed by atoms with Crippen LogP contribution in [0.4, 0.5) is 11.4 Å². The van der Waals surface area contributed by atoms with E-state index >= 15 is 0 Å². The third-order valence-corrected chi connectivity index (χ3v) is 5.63. The lowest BCUT2D eigenvalue weighted by molar-refractivity contribution is -0.114. The average Bonchev–Trinajstić information content (AvgIpc) is 2.66. The van der Waals surface area contributed by atoms with Crippen LogP contribution in [0.3, 0.4) is 0 Å². The van der Waals surface area contributed by atoms with Crippen LogP contribution in [0.1, 0.15) is 36.2 Å². The number of anilines is 2. The normalized spacial score (nSPS) is 12.1. The number of sulfonamides is 1. The fraction of sp³-hybridized carbons (Fsp3) is 0.333. The number of benzene rings is 2. The summed E-state index contributed by atoms with van der Waals surface area (Å²) in [6, 6.07) is 13.6. The van der Waals surface area contributed by atoms with Crippen molar-refractivity contribution < 1.29 is 18.0 Å². The molecule has 0 saturated carbocycles. The van der Waals surface area contributed by atoms with Crippen LogP contribution in [0.2, 0.25) is 0 Å². The summed E-state index contributed by atoms with van der Waals surface area (Å²) in [5.41, 5.74) is 1.83. The molecule has 8 heteroatoms. The quantitative estimate of drug-likeness (QED) is 0.690. The maximum absolute atomic E-state index is 12.7. The summed E-state index contributed by atoms with van der Waals surface area (Å²) in [5.74, 6) is -0.836. The molecule has 0 aromatic heterocycles. The first-order chi connectivity index (χ1) is 13.6. The molecule has 1 atom stereocenters. The van der Waals surface area contributed by atoms with Gasteiger partial charge >= 0.3 is 0 Å². The predicted octanol–water partition coefficient (Wildman–Crippen LogP) is 2.93. The third-order valence-electron chi connectivity index (χ3n) is 4.51. The van der Waals surface area contributed by atoms with Gasteiger partial charge in [0.15, 0.2) is 0 Å². The molecule has 0 heterocycles. The number of carbonyl (C=O) groups excluding carboxylic acids is 2. The largest absolute Gasteiger partial charge is 0.350 e. The molecule has 0 bridgehead atoms. The van der Waals surface area contributed by atoms with Gasteiger partial charge in [0.05, 0.1) is 23.2 Å². The predicted molar refractivity (Wildman–Crippen MR) is 116 cm³/mol. The first-order valence-corrected chi connectivity index (χ1v) is 11.2. The Morgan fingerprint density at radius 3 is 2.31 bits per heavy atom. The van der Waals surface area contributed by atoms with Crippen molar-refractivity contribution in [3.05, 3.63) is 59.7 Å². The minimum absolute atomic E-state index is 0.00645. The molecule has 0 aliphatic heterocycles. The summed E-state index contributed by atoms with van der Waals surface area (Å²) in [5, 5.41) is 5.53. The Labute approximate surface area is 172 Å². The van der Waals surface area contributed by atoms with Gasteiger partial charge in [-0.05, 0) is 44.0 Å². The first kappa shape index (κ1) is 22.4. The van der Waals surface area contributed by atoms with Crippen LogP contribution in [0.25, 0.3) is 0 Å². The molecule has 2 N–H and O–H groups in total. The number of para-hydroxylation sites is 2. The molecule has 0 spiro atoms. The number of nitrogens with one attached hydrogen (secondary N) is 2. The molecule has 7 nitrogen and oxygen atoms in total. The summed E-state index contributed by atoms with van der Waals surface area (Å²) < 4.78 is 25.6. The van der Waals surface area contributed by atoms with E-state index in [4.69, 9.17) is 0 Å². The zero-order valence-corrected chi connectivity index (χ0v) is 17.9. The van der Waals surface area contributed by atoms with Gasteiger partial charge in [0.1, 0.15) is 6.54 Å². The van der Waals surface area contributed by atoms with E-state index in [1.54, 1.807) is 55.5 Å². The molecular weight excluding hydrogens is 390 g/mol. The van der Waals surface area contributed by atoms with Crippen LogP contribution in [-0.4, -0.2) is 39.1 Å². The molecule has 0 aliphatic rings. The minimum Gasteiger partial charge on any atom is -0.350 e. The van der Waals surface area contributed by atoms with Gasteiger partial charge in [-0.3, -0.25) is 13.9 Å². The van der Waals surface area contributed by atoms with Crippen LogP contribution in [-0.2, 0) is 14.8 Å². The molecular formula is C21H27N3O4S. The monoisotopic (exact) mass is 417 g/mol. The number of hydrogen-bond acceptors (Lipinski definition) is 4. The van der Waals surface area contributed by atoms with Gasteiger partial charge in [0, 0.05) is 6.04 Å². The highest BCUT2D eigenvalue weighted by Gasteiger charge is 2.23. The zero-order valence-electron chi connectivity index (χ0n) is 17.1. The lowest BCUT2D eigenvalue weighted by Gasteiger charge is -2.24. The highest BCUT2D eigenvalue weighted by molar-refractivity contribution is 7.92. The average molecular weight is 418 g/mol. The molecule has 2 aromatic carbocycles. The van der Waals surface area contributed by atoms with Gasteiger partial charge < -0.3 is 10.6 Å². The van der Waals surface area contributed by atoms with Crippen LogP contribution >= 0.6 is 0 Å². The Bertz CT molecular complexity index is 989. The van der Waals surface area contributed by atoms with E-state index in [1.165, 1.54) is 0 Å². The second kappa shape index (κ2) is 9.56. The molecule has 0 radical (unpaired) electrons. The fourth-order valence-electron chi connectivity index (χ4n) is 2.74. The van der Waals surface area contributed by atoms with Gasteiger partial charge in [0.25, 0.3) is 5.91 Å². The lowest BCUT2D eigenvalue weighted by atomic mass is 10.1. The molecule has 29 heavy (non-hydrogen) atoms. The van der Waals surface area contributed by atoms with Crippen LogP contribution in [0.15, 0.2) is 48.5 Å². The molecule has 2 aromatic rings. The summed E-state index contributed by atoms with van der Waals surface area (Å²) in [6.45, 7) is 5.24. The van der Waals surface area contributed by atoms with Gasteiger partial charge in [-0.1, -0.05) is 37.3 Å². The standard InChI is InChI=1S/C21H27N3O4S/c1-5-16(3)22-21(26)17-11-7-8-12-18(17)23-20(25)14-24(29(4,27)28)19-13-9-6-10-15(19)2/h6-13,16H,5,14H2,1-4H3,(H,22,26)(H,23,25)/t16-/m1/s1. The molecule has 0 saturated heterocycles. The Kier molecular flexibility index (Phi) is 7.39. The van der Waals surface area contributed by atoms with E-state index < -0.39 is 22.5 Å². The van der Waals surface area contributed by atoms with Crippen molar-refractivity contribution in [2.75, 3.05) is 22.4 Å². The first-order valence-electron chi connectivity index (χ1n) is 9.36. The highest BCUT2D eigenvalue weighted by atomic mass is 32.2. The van der Waals surface area contributed by atoms with Gasteiger partial charge in [-0.2, -0.15) is 0 Å². The van der Waals surface area contributed by atoms with Crippen LogP contribution in [0.5, 0.6) is 0 Å². The Morgan fingerprint density at radius 2 is 1.69 bits per heavy atom. The highest BCUT2D eigenvalue weighted by Crippen LogP contribution is 2.22. The number of aryl methyl sites for hydroxylation is 1. The van der Waals surface area contributed by atoms with E-state index in [0.717, 1.165) is 22.5 Å². The van der Waals surface area contributed by atoms with E-state index in [1.807, 2.05) is 13.8 Å². The number of amides is 2. The van der Waals surface area contributed by atoms with Crippen molar-refractivity contribution in [1.82, 2.24) is 5.32 Å².